The maximum absolute atomic E-state index is 5.91. The van der Waals surface area contributed by atoms with Crippen LogP contribution in [0.25, 0.3) is 0 Å². The van der Waals surface area contributed by atoms with Gasteiger partial charge in [-0.15, -0.1) is 0 Å². The van der Waals surface area contributed by atoms with Crippen LogP contribution in [0.2, 0.25) is 5.02 Å². The fraction of sp³-hybridized carbons (Fsp3) is 0.143. The van der Waals surface area contributed by atoms with E-state index in [0.717, 1.165) is 9.50 Å². The summed E-state index contributed by atoms with van der Waals surface area (Å²) < 4.78 is 1.11. The summed E-state index contributed by atoms with van der Waals surface area (Å²) in [7, 11) is 1.96. The van der Waals surface area contributed by atoms with Gasteiger partial charge >= 0.3 is 0 Å². The highest BCUT2D eigenvalue weighted by atomic mass is 79.9. The number of benzene rings is 2. The van der Waals surface area contributed by atoms with Crippen molar-refractivity contribution in [3.05, 3.63) is 69.2 Å². The lowest BCUT2D eigenvalue weighted by atomic mass is 9.99. The van der Waals surface area contributed by atoms with Crippen LogP contribution in [-0.2, 0) is 0 Å². The number of halogens is 2. The summed E-state index contributed by atoms with van der Waals surface area (Å²) in [5.41, 5.74) is 2.42. The van der Waals surface area contributed by atoms with Gasteiger partial charge in [-0.3, -0.25) is 0 Å². The van der Waals surface area contributed by atoms with E-state index in [1.807, 2.05) is 43.4 Å². The Kier molecular flexibility index (Phi) is 4.21. The second-order valence-corrected chi connectivity index (χ2v) is 5.09. The summed E-state index contributed by atoms with van der Waals surface area (Å²) in [6.45, 7) is 0. The first kappa shape index (κ1) is 12.6. The van der Waals surface area contributed by atoms with Crippen molar-refractivity contribution >= 4 is 27.5 Å². The first-order chi connectivity index (χ1) is 8.22. The molecule has 0 fully saturated rings. The van der Waals surface area contributed by atoms with Crippen molar-refractivity contribution in [2.75, 3.05) is 7.05 Å². The second kappa shape index (κ2) is 5.67. The topological polar surface area (TPSA) is 12.0 Å². The predicted molar refractivity (Wildman–Crippen MR) is 76.5 cm³/mol. The maximum Gasteiger partial charge on any atom is 0.0585 e. The summed E-state index contributed by atoms with van der Waals surface area (Å²) in [6, 6.07) is 16.3. The zero-order valence-electron chi connectivity index (χ0n) is 9.45. The molecule has 2 aromatic rings. The van der Waals surface area contributed by atoms with E-state index in [-0.39, 0.29) is 6.04 Å². The predicted octanol–water partition coefficient (Wildman–Crippen LogP) is 4.41. The molecular formula is C14H13BrClN. The molecule has 88 valence electrons. The molecule has 0 bridgehead atoms. The van der Waals surface area contributed by atoms with Crippen molar-refractivity contribution in [1.82, 2.24) is 5.32 Å². The van der Waals surface area contributed by atoms with E-state index in [4.69, 9.17) is 11.6 Å². The summed E-state index contributed by atoms with van der Waals surface area (Å²) in [5, 5.41) is 4.08. The lowest BCUT2D eigenvalue weighted by Crippen LogP contribution is -2.17. The van der Waals surface area contributed by atoms with Crippen LogP contribution < -0.4 is 5.32 Å². The average Bonchev–Trinajstić information content (AvgIpc) is 2.35. The molecule has 1 N–H and O–H groups in total. The van der Waals surface area contributed by atoms with Crippen molar-refractivity contribution in [2.24, 2.45) is 0 Å². The van der Waals surface area contributed by atoms with Gasteiger partial charge in [-0.25, -0.2) is 0 Å². The maximum atomic E-state index is 5.91. The summed E-state index contributed by atoms with van der Waals surface area (Å²) in [6.07, 6.45) is 0. The van der Waals surface area contributed by atoms with Gasteiger partial charge in [0.2, 0.25) is 0 Å². The number of hydrogen-bond donors (Lipinski definition) is 1. The first-order valence-corrected chi connectivity index (χ1v) is 6.56. The van der Waals surface area contributed by atoms with Crippen LogP contribution in [0.3, 0.4) is 0 Å². The van der Waals surface area contributed by atoms with E-state index in [1.54, 1.807) is 0 Å². The monoisotopic (exact) mass is 309 g/mol. The van der Waals surface area contributed by atoms with Crippen molar-refractivity contribution in [2.45, 2.75) is 6.04 Å². The Hall–Kier alpha value is -0.830. The van der Waals surface area contributed by atoms with E-state index in [1.165, 1.54) is 11.1 Å². The Labute approximate surface area is 115 Å². The van der Waals surface area contributed by atoms with Gasteiger partial charge in [0.1, 0.15) is 0 Å². The van der Waals surface area contributed by atoms with Gasteiger partial charge in [0, 0.05) is 9.50 Å². The molecule has 1 nitrogen and oxygen atoms in total. The lowest BCUT2D eigenvalue weighted by Gasteiger charge is -2.18. The van der Waals surface area contributed by atoms with E-state index in [9.17, 15) is 0 Å². The molecule has 1 atom stereocenters. The fourth-order valence-corrected chi connectivity index (χ4v) is 2.51. The van der Waals surface area contributed by atoms with Gasteiger partial charge in [0.25, 0.3) is 0 Å². The fourth-order valence-electron chi connectivity index (χ4n) is 1.87. The minimum absolute atomic E-state index is 0.169. The van der Waals surface area contributed by atoms with Crippen LogP contribution in [0.15, 0.2) is 53.0 Å². The van der Waals surface area contributed by atoms with Crippen LogP contribution in [0.1, 0.15) is 17.2 Å². The molecule has 0 aliphatic carbocycles. The standard InChI is InChI=1S/C14H13BrClN/c1-17-14(10-6-8-11(16)9-7-10)12-4-2-3-5-13(12)15/h2-9,14,17H,1H3. The Bertz CT molecular complexity index is 496. The van der Waals surface area contributed by atoms with Gasteiger partial charge in [0.15, 0.2) is 0 Å². The van der Waals surface area contributed by atoms with E-state index in [0.29, 0.717) is 0 Å². The average molecular weight is 311 g/mol. The van der Waals surface area contributed by atoms with Crippen molar-refractivity contribution in [3.8, 4) is 0 Å². The normalized spacial score (nSPS) is 12.4. The summed E-state index contributed by atoms with van der Waals surface area (Å²) in [5.74, 6) is 0. The molecule has 0 aliphatic rings. The smallest absolute Gasteiger partial charge is 0.0585 e. The summed E-state index contributed by atoms with van der Waals surface area (Å²) in [4.78, 5) is 0. The number of nitrogens with one attached hydrogen (secondary N) is 1. The molecule has 0 heterocycles. The third-order valence-electron chi connectivity index (χ3n) is 2.71. The molecule has 0 aliphatic heterocycles. The number of rotatable bonds is 3. The Balaban J connectivity index is 2.40. The SMILES string of the molecule is CNC(c1ccc(Cl)cc1)c1ccccc1Br. The molecule has 0 spiro atoms. The van der Waals surface area contributed by atoms with Gasteiger partial charge in [0.05, 0.1) is 6.04 Å². The molecule has 3 heteroatoms. The quantitative estimate of drug-likeness (QED) is 0.885. The van der Waals surface area contributed by atoms with Crippen molar-refractivity contribution in [3.63, 3.8) is 0 Å². The minimum Gasteiger partial charge on any atom is -0.309 e. The summed E-state index contributed by atoms with van der Waals surface area (Å²) >= 11 is 9.49. The molecule has 0 saturated carbocycles. The van der Waals surface area contributed by atoms with E-state index >= 15 is 0 Å². The lowest BCUT2D eigenvalue weighted by molar-refractivity contribution is 0.689. The zero-order valence-corrected chi connectivity index (χ0v) is 11.8. The Morgan fingerprint density at radius 2 is 1.71 bits per heavy atom. The van der Waals surface area contributed by atoms with Gasteiger partial charge < -0.3 is 5.32 Å². The zero-order chi connectivity index (χ0) is 12.3. The molecule has 0 aromatic heterocycles. The van der Waals surface area contributed by atoms with Gasteiger partial charge in [-0.1, -0.05) is 57.9 Å². The highest BCUT2D eigenvalue weighted by Gasteiger charge is 2.13. The van der Waals surface area contributed by atoms with Crippen LogP contribution >= 0.6 is 27.5 Å². The molecule has 1 unspecified atom stereocenters. The third-order valence-corrected chi connectivity index (χ3v) is 3.68. The van der Waals surface area contributed by atoms with Crippen LogP contribution in [0, 0.1) is 0 Å². The molecule has 0 amide bonds. The highest BCUT2D eigenvalue weighted by molar-refractivity contribution is 9.10. The Morgan fingerprint density at radius 1 is 1.06 bits per heavy atom. The minimum atomic E-state index is 0.169. The number of hydrogen-bond acceptors (Lipinski definition) is 1. The van der Waals surface area contributed by atoms with Gasteiger partial charge in [-0.2, -0.15) is 0 Å². The molecule has 2 rings (SSSR count). The second-order valence-electron chi connectivity index (χ2n) is 3.79. The molecule has 2 aromatic carbocycles. The molecular weight excluding hydrogens is 298 g/mol. The van der Waals surface area contributed by atoms with Crippen LogP contribution in [0.4, 0.5) is 0 Å². The van der Waals surface area contributed by atoms with Gasteiger partial charge in [-0.05, 0) is 36.4 Å². The largest absolute Gasteiger partial charge is 0.309 e. The molecule has 0 saturated heterocycles. The Morgan fingerprint density at radius 3 is 2.29 bits per heavy atom. The van der Waals surface area contributed by atoms with Crippen LogP contribution in [0.5, 0.6) is 0 Å². The van der Waals surface area contributed by atoms with Crippen molar-refractivity contribution in [1.29, 1.82) is 0 Å². The first-order valence-electron chi connectivity index (χ1n) is 5.39. The van der Waals surface area contributed by atoms with E-state index in [2.05, 4.69) is 33.4 Å². The third kappa shape index (κ3) is 2.89. The highest BCUT2D eigenvalue weighted by Crippen LogP contribution is 2.28. The van der Waals surface area contributed by atoms with Crippen molar-refractivity contribution < 1.29 is 0 Å². The van der Waals surface area contributed by atoms with E-state index < -0.39 is 0 Å². The van der Waals surface area contributed by atoms with Crippen LogP contribution in [-0.4, -0.2) is 7.05 Å². The molecule has 0 radical (unpaired) electrons. The molecule has 17 heavy (non-hydrogen) atoms.